The topological polar surface area (TPSA) is 66.4 Å². The molecule has 1 saturated heterocycles. The largest absolute Gasteiger partial charge is 0.334 e. The third-order valence-corrected chi connectivity index (χ3v) is 6.54. The van der Waals surface area contributed by atoms with Crippen LogP contribution in [0, 0.1) is 0 Å². The van der Waals surface area contributed by atoms with Gasteiger partial charge in [-0.25, -0.2) is 9.69 Å². The normalized spacial score (nSPS) is 17.7. The summed E-state index contributed by atoms with van der Waals surface area (Å²) in [5.41, 5.74) is 0.416. The molecule has 3 amide bonds. The van der Waals surface area contributed by atoms with Crippen molar-refractivity contribution in [3.63, 3.8) is 0 Å². The fourth-order valence-corrected chi connectivity index (χ4v) is 4.14. The molecule has 1 aliphatic rings. The molecule has 1 aliphatic heterocycles. The van der Waals surface area contributed by atoms with Crippen LogP contribution in [0.4, 0.5) is 9.93 Å². The van der Waals surface area contributed by atoms with Gasteiger partial charge < -0.3 is 4.90 Å². The first-order valence-electron chi connectivity index (χ1n) is 9.08. The predicted octanol–water partition coefficient (Wildman–Crippen LogP) is 5.45. The number of carbonyl (C=O) groups excluding carboxylic acids is 2. The molecule has 2 heterocycles. The van der Waals surface area contributed by atoms with Gasteiger partial charge in [0.15, 0.2) is 0 Å². The summed E-state index contributed by atoms with van der Waals surface area (Å²) in [4.78, 5) is 29.1. The molecule has 3 rings (SSSR count). The minimum Gasteiger partial charge on any atom is -0.308 e. The van der Waals surface area contributed by atoms with E-state index in [1.165, 1.54) is 11.3 Å². The summed E-state index contributed by atoms with van der Waals surface area (Å²) in [5.74, 6) is -0.351. The standard InChI is InChI=1S/C19H22Cl2N4O2S/c1-5-6-9-24-14(11-7-8-12(20)13(21)10-11)15(26)25(18(24)27)17-23-22-16(28-17)19(2,3)4/h7-8,10,14H,5-6,9H2,1-4H3/t14-/m1/s1. The molecule has 0 saturated carbocycles. The molecule has 0 spiro atoms. The number of nitrogens with zero attached hydrogens (tertiary/aromatic N) is 4. The second kappa shape index (κ2) is 7.97. The van der Waals surface area contributed by atoms with E-state index in [9.17, 15) is 9.59 Å². The van der Waals surface area contributed by atoms with E-state index in [1.54, 1.807) is 23.1 Å². The van der Waals surface area contributed by atoms with E-state index in [0.29, 0.717) is 27.3 Å². The highest BCUT2D eigenvalue weighted by atomic mass is 35.5. The molecule has 0 aliphatic carbocycles. The molecular weight excluding hydrogens is 419 g/mol. The van der Waals surface area contributed by atoms with Crippen molar-refractivity contribution in [1.82, 2.24) is 15.1 Å². The van der Waals surface area contributed by atoms with Gasteiger partial charge >= 0.3 is 6.03 Å². The molecule has 0 unspecified atom stereocenters. The van der Waals surface area contributed by atoms with E-state index in [4.69, 9.17) is 23.2 Å². The highest BCUT2D eigenvalue weighted by molar-refractivity contribution is 7.15. The van der Waals surface area contributed by atoms with Crippen LogP contribution < -0.4 is 4.90 Å². The second-order valence-electron chi connectivity index (χ2n) is 7.72. The lowest BCUT2D eigenvalue weighted by Gasteiger charge is -2.22. The highest BCUT2D eigenvalue weighted by Gasteiger charge is 2.48. The van der Waals surface area contributed by atoms with Crippen LogP contribution in [0.2, 0.25) is 10.0 Å². The molecule has 0 bridgehead atoms. The number of amides is 3. The number of unbranched alkanes of at least 4 members (excludes halogenated alkanes) is 1. The van der Waals surface area contributed by atoms with Crippen LogP contribution in [0.15, 0.2) is 18.2 Å². The van der Waals surface area contributed by atoms with Gasteiger partial charge in [-0.3, -0.25) is 4.79 Å². The van der Waals surface area contributed by atoms with Crippen LogP contribution in [0.1, 0.15) is 57.1 Å². The van der Waals surface area contributed by atoms with E-state index in [2.05, 4.69) is 10.2 Å². The highest BCUT2D eigenvalue weighted by Crippen LogP contribution is 2.39. The molecule has 150 valence electrons. The average Bonchev–Trinajstić information content (AvgIpc) is 3.19. The Kier molecular flexibility index (Phi) is 5.98. The van der Waals surface area contributed by atoms with Crippen LogP contribution in [0.25, 0.3) is 0 Å². The van der Waals surface area contributed by atoms with E-state index < -0.39 is 6.04 Å². The summed E-state index contributed by atoms with van der Waals surface area (Å²) in [6.07, 6.45) is 1.69. The lowest BCUT2D eigenvalue weighted by Crippen LogP contribution is -2.33. The molecule has 28 heavy (non-hydrogen) atoms. The monoisotopic (exact) mass is 440 g/mol. The van der Waals surface area contributed by atoms with Crippen LogP contribution >= 0.6 is 34.5 Å². The van der Waals surface area contributed by atoms with Gasteiger partial charge in [0.2, 0.25) is 5.13 Å². The predicted molar refractivity (Wildman–Crippen MR) is 112 cm³/mol. The summed E-state index contributed by atoms with van der Waals surface area (Å²) >= 11 is 13.4. The van der Waals surface area contributed by atoms with Gasteiger partial charge in [0.25, 0.3) is 5.91 Å². The molecule has 0 radical (unpaired) electrons. The average molecular weight is 441 g/mol. The smallest absolute Gasteiger partial charge is 0.308 e. The number of aromatic nitrogens is 2. The number of halogens is 2. The second-order valence-corrected chi connectivity index (χ2v) is 9.49. The molecule has 9 heteroatoms. The molecule has 1 aromatic heterocycles. The minimum absolute atomic E-state index is 0.216. The lowest BCUT2D eigenvalue weighted by atomic mass is 9.98. The van der Waals surface area contributed by atoms with Crippen molar-refractivity contribution < 1.29 is 9.59 Å². The Bertz CT molecular complexity index is 910. The van der Waals surface area contributed by atoms with Crippen molar-refractivity contribution in [3.8, 4) is 0 Å². The van der Waals surface area contributed by atoms with Crippen molar-refractivity contribution in [2.75, 3.05) is 11.4 Å². The SMILES string of the molecule is CCCCN1C(=O)N(c2nnc(C(C)(C)C)s2)C(=O)[C@H]1c1ccc(Cl)c(Cl)c1. The molecule has 1 aromatic carbocycles. The van der Waals surface area contributed by atoms with Crippen LogP contribution in [0.3, 0.4) is 0 Å². The maximum Gasteiger partial charge on any atom is 0.334 e. The number of hydrogen-bond donors (Lipinski definition) is 0. The van der Waals surface area contributed by atoms with Gasteiger partial charge in [0.05, 0.1) is 10.0 Å². The maximum absolute atomic E-state index is 13.3. The zero-order chi connectivity index (χ0) is 20.6. The number of benzene rings is 1. The van der Waals surface area contributed by atoms with Crippen LogP contribution in [-0.2, 0) is 10.2 Å². The Labute approximate surface area is 178 Å². The summed E-state index contributed by atoms with van der Waals surface area (Å²) in [7, 11) is 0. The fraction of sp³-hybridized carbons (Fsp3) is 0.474. The summed E-state index contributed by atoms with van der Waals surface area (Å²) in [6.45, 7) is 8.53. The zero-order valence-corrected chi connectivity index (χ0v) is 18.5. The third-order valence-electron chi connectivity index (χ3n) is 4.46. The van der Waals surface area contributed by atoms with Gasteiger partial charge in [-0.05, 0) is 24.1 Å². The Morgan fingerprint density at radius 1 is 1.14 bits per heavy atom. The van der Waals surface area contributed by atoms with Gasteiger partial charge in [0.1, 0.15) is 11.0 Å². The number of carbonyl (C=O) groups is 2. The fourth-order valence-electron chi connectivity index (χ4n) is 2.93. The van der Waals surface area contributed by atoms with Gasteiger partial charge in [-0.15, -0.1) is 10.2 Å². The minimum atomic E-state index is -0.754. The Morgan fingerprint density at radius 2 is 1.86 bits per heavy atom. The van der Waals surface area contributed by atoms with Crippen molar-refractivity contribution in [1.29, 1.82) is 0 Å². The van der Waals surface area contributed by atoms with Crippen LogP contribution in [0.5, 0.6) is 0 Å². The van der Waals surface area contributed by atoms with E-state index in [-0.39, 0.29) is 17.4 Å². The molecular formula is C19H22Cl2N4O2S. The third kappa shape index (κ3) is 3.88. The summed E-state index contributed by atoms with van der Waals surface area (Å²) in [6, 6.07) is 3.87. The summed E-state index contributed by atoms with van der Waals surface area (Å²) < 4.78 is 0. The van der Waals surface area contributed by atoms with Crippen molar-refractivity contribution in [2.45, 2.75) is 52.0 Å². The number of hydrogen-bond acceptors (Lipinski definition) is 5. The lowest BCUT2D eigenvalue weighted by molar-refractivity contribution is -0.119. The number of rotatable bonds is 5. The summed E-state index contributed by atoms with van der Waals surface area (Å²) in [5, 5.41) is 10.1. The van der Waals surface area contributed by atoms with Gasteiger partial charge in [-0.1, -0.05) is 74.7 Å². The Balaban J connectivity index is 2.01. The first-order valence-corrected chi connectivity index (χ1v) is 10.7. The zero-order valence-electron chi connectivity index (χ0n) is 16.2. The number of urea groups is 1. The Morgan fingerprint density at radius 3 is 2.43 bits per heavy atom. The number of imide groups is 1. The molecule has 1 atom stereocenters. The molecule has 2 aromatic rings. The van der Waals surface area contributed by atoms with Gasteiger partial charge in [-0.2, -0.15) is 0 Å². The molecule has 1 fully saturated rings. The first kappa shape index (κ1) is 21.0. The van der Waals surface area contributed by atoms with Gasteiger partial charge in [0, 0.05) is 12.0 Å². The van der Waals surface area contributed by atoms with Crippen molar-refractivity contribution in [3.05, 3.63) is 38.8 Å². The van der Waals surface area contributed by atoms with Crippen molar-refractivity contribution in [2.24, 2.45) is 0 Å². The maximum atomic E-state index is 13.3. The quantitative estimate of drug-likeness (QED) is 0.579. The number of anilines is 1. The molecule has 6 nitrogen and oxygen atoms in total. The van der Waals surface area contributed by atoms with Crippen LogP contribution in [-0.4, -0.2) is 33.6 Å². The first-order chi connectivity index (χ1) is 13.1. The van der Waals surface area contributed by atoms with Crippen molar-refractivity contribution >= 4 is 51.6 Å². The Hall–Kier alpha value is -1.70. The van der Waals surface area contributed by atoms with E-state index >= 15 is 0 Å². The van der Waals surface area contributed by atoms with E-state index in [0.717, 1.165) is 22.7 Å². The van der Waals surface area contributed by atoms with E-state index in [1.807, 2.05) is 27.7 Å². The molecule has 0 N–H and O–H groups in total.